The van der Waals surface area contributed by atoms with E-state index >= 15 is 0 Å². The number of aromatic nitrogens is 2. The van der Waals surface area contributed by atoms with Crippen molar-refractivity contribution in [2.24, 2.45) is 0 Å². The van der Waals surface area contributed by atoms with Crippen LogP contribution < -0.4 is 15.1 Å². The summed E-state index contributed by atoms with van der Waals surface area (Å²) in [6.45, 7) is 5.74. The molecule has 7 heteroatoms. The van der Waals surface area contributed by atoms with E-state index in [2.05, 4.69) is 53.4 Å². The standard InChI is InChI=1S/C39H37N5O2/c1-28-25-29(2)40-36(26-28)42(3)22-12-24-43(32-15-8-5-9-16-32)33-20-18-31(19-21-33)41-39(46)38(45)37-35(30-13-6-4-7-14-30)27-34-17-10-11-23-44(34)37/h4-11,13-21,23,25-27H,12,22,24H2,1-3H3,(H,41,46). The molecule has 1 amide bonds. The van der Waals surface area contributed by atoms with Crippen LogP contribution >= 0.6 is 0 Å². The van der Waals surface area contributed by atoms with E-state index < -0.39 is 11.7 Å². The molecule has 3 aromatic carbocycles. The summed E-state index contributed by atoms with van der Waals surface area (Å²) in [4.78, 5) is 36.1. The molecule has 46 heavy (non-hydrogen) atoms. The number of carbonyl (C=O) groups excluding carboxylic acids is 2. The fraction of sp³-hybridized carbons (Fsp3) is 0.154. The third kappa shape index (κ3) is 6.69. The van der Waals surface area contributed by atoms with Crippen LogP contribution in [0.15, 0.2) is 128 Å². The molecule has 0 saturated carbocycles. The molecule has 0 saturated heterocycles. The molecule has 0 unspecified atom stereocenters. The zero-order valence-electron chi connectivity index (χ0n) is 26.4. The highest BCUT2D eigenvalue weighted by Crippen LogP contribution is 2.30. The first kappa shape index (κ1) is 30.3. The predicted octanol–water partition coefficient (Wildman–Crippen LogP) is 8.10. The first-order chi connectivity index (χ1) is 22.4. The molecular formula is C39H37N5O2. The lowest BCUT2D eigenvalue weighted by atomic mass is 10.0. The summed E-state index contributed by atoms with van der Waals surface area (Å²) < 4.78 is 1.78. The normalized spacial score (nSPS) is 10.9. The first-order valence-electron chi connectivity index (χ1n) is 15.5. The number of nitrogens with zero attached hydrogens (tertiary/aromatic N) is 4. The number of Topliss-reactive ketones (excluding diaryl/α,β-unsaturated/α-hetero) is 1. The smallest absolute Gasteiger partial charge is 0.298 e. The summed E-state index contributed by atoms with van der Waals surface area (Å²) in [5.41, 5.74) is 7.63. The van der Waals surface area contributed by atoms with Gasteiger partial charge in [-0.05, 0) is 98.1 Å². The molecule has 0 aliphatic heterocycles. The first-order valence-corrected chi connectivity index (χ1v) is 15.5. The van der Waals surface area contributed by atoms with Crippen molar-refractivity contribution in [1.29, 1.82) is 0 Å². The van der Waals surface area contributed by atoms with Crippen molar-refractivity contribution in [3.63, 3.8) is 0 Å². The van der Waals surface area contributed by atoms with E-state index in [1.165, 1.54) is 5.56 Å². The van der Waals surface area contributed by atoms with Crippen molar-refractivity contribution >= 4 is 40.1 Å². The minimum Gasteiger partial charge on any atom is -0.360 e. The highest BCUT2D eigenvalue weighted by molar-refractivity contribution is 6.47. The molecule has 0 radical (unpaired) electrons. The molecule has 6 aromatic rings. The lowest BCUT2D eigenvalue weighted by molar-refractivity contribution is -0.112. The number of rotatable bonds is 11. The van der Waals surface area contributed by atoms with Gasteiger partial charge >= 0.3 is 0 Å². The van der Waals surface area contributed by atoms with Crippen molar-refractivity contribution in [3.8, 4) is 11.1 Å². The van der Waals surface area contributed by atoms with E-state index in [0.717, 1.165) is 59.0 Å². The monoisotopic (exact) mass is 607 g/mol. The van der Waals surface area contributed by atoms with Crippen LogP contribution in [0.3, 0.4) is 0 Å². The second-order valence-electron chi connectivity index (χ2n) is 11.5. The molecule has 7 nitrogen and oxygen atoms in total. The number of pyridine rings is 2. The van der Waals surface area contributed by atoms with Gasteiger partial charge in [0.2, 0.25) is 0 Å². The quantitative estimate of drug-likeness (QED) is 0.119. The van der Waals surface area contributed by atoms with E-state index in [9.17, 15) is 9.59 Å². The average Bonchev–Trinajstić information content (AvgIpc) is 3.47. The predicted molar refractivity (Wildman–Crippen MR) is 187 cm³/mol. The molecule has 1 N–H and O–H groups in total. The van der Waals surface area contributed by atoms with Gasteiger partial charge in [0.25, 0.3) is 11.7 Å². The van der Waals surface area contributed by atoms with Crippen LogP contribution in [0, 0.1) is 13.8 Å². The molecule has 0 atom stereocenters. The summed E-state index contributed by atoms with van der Waals surface area (Å²) >= 11 is 0. The Labute approximate surface area is 269 Å². The molecule has 6 rings (SSSR count). The number of fused-ring (bicyclic) bond motifs is 1. The Balaban J connectivity index is 1.18. The molecular weight excluding hydrogens is 570 g/mol. The number of amides is 1. The van der Waals surface area contributed by atoms with E-state index in [4.69, 9.17) is 4.98 Å². The third-order valence-corrected chi connectivity index (χ3v) is 8.04. The number of nitrogens with one attached hydrogen (secondary N) is 1. The fourth-order valence-corrected chi connectivity index (χ4v) is 5.82. The van der Waals surface area contributed by atoms with Crippen LogP contribution in [0.4, 0.5) is 22.9 Å². The van der Waals surface area contributed by atoms with Gasteiger partial charge < -0.3 is 19.5 Å². The second-order valence-corrected chi connectivity index (χ2v) is 11.5. The Morgan fingerprint density at radius 3 is 2.15 bits per heavy atom. The maximum Gasteiger partial charge on any atom is 0.298 e. The molecule has 0 aliphatic carbocycles. The van der Waals surface area contributed by atoms with Crippen molar-refractivity contribution < 1.29 is 9.59 Å². The Morgan fingerprint density at radius 2 is 1.43 bits per heavy atom. The van der Waals surface area contributed by atoms with E-state index in [0.29, 0.717) is 11.4 Å². The topological polar surface area (TPSA) is 70.0 Å². The van der Waals surface area contributed by atoms with Gasteiger partial charge in [0.05, 0.1) is 0 Å². The zero-order chi connectivity index (χ0) is 32.0. The number of hydrogen-bond donors (Lipinski definition) is 1. The third-order valence-electron chi connectivity index (χ3n) is 8.04. The molecule has 0 fully saturated rings. The number of hydrogen-bond acceptors (Lipinski definition) is 5. The number of carbonyl (C=O) groups is 2. The Hall–Kier alpha value is -5.69. The van der Waals surface area contributed by atoms with Crippen molar-refractivity contribution in [3.05, 3.63) is 144 Å². The molecule has 3 heterocycles. The number of ketones is 1. The molecule has 3 aromatic heterocycles. The summed E-state index contributed by atoms with van der Waals surface area (Å²) in [6, 6.07) is 39.4. The lowest BCUT2D eigenvalue weighted by Gasteiger charge is -2.27. The zero-order valence-corrected chi connectivity index (χ0v) is 26.4. The molecule has 0 aliphatic rings. The fourth-order valence-electron chi connectivity index (χ4n) is 5.82. The van der Waals surface area contributed by atoms with Gasteiger partial charge in [0, 0.05) is 60.2 Å². The maximum absolute atomic E-state index is 13.6. The lowest BCUT2D eigenvalue weighted by Crippen LogP contribution is -2.26. The van der Waals surface area contributed by atoms with Crippen LogP contribution in [-0.2, 0) is 4.79 Å². The van der Waals surface area contributed by atoms with Gasteiger partial charge in [-0.3, -0.25) is 9.59 Å². The van der Waals surface area contributed by atoms with E-state index in [1.54, 1.807) is 4.40 Å². The minimum absolute atomic E-state index is 0.340. The van der Waals surface area contributed by atoms with Gasteiger partial charge in [0.15, 0.2) is 0 Å². The summed E-state index contributed by atoms with van der Waals surface area (Å²) in [5.74, 6) is -0.304. The SMILES string of the molecule is Cc1cc(C)nc(N(C)CCCN(c2ccccc2)c2ccc(NC(=O)C(=O)c3c(-c4ccccc4)cc4ccccn34)cc2)c1. The minimum atomic E-state index is -0.684. The molecule has 0 spiro atoms. The van der Waals surface area contributed by atoms with Crippen LogP contribution in [0.1, 0.15) is 28.2 Å². The number of para-hydroxylation sites is 1. The highest BCUT2D eigenvalue weighted by atomic mass is 16.2. The Morgan fingerprint density at radius 1 is 0.761 bits per heavy atom. The highest BCUT2D eigenvalue weighted by Gasteiger charge is 2.25. The number of anilines is 4. The number of aryl methyl sites for hydroxylation is 2. The molecule has 0 bridgehead atoms. The summed E-state index contributed by atoms with van der Waals surface area (Å²) in [6.07, 6.45) is 2.72. The second kappa shape index (κ2) is 13.5. The van der Waals surface area contributed by atoms with Crippen molar-refractivity contribution in [2.45, 2.75) is 20.3 Å². The summed E-state index contributed by atoms with van der Waals surface area (Å²) in [5, 5.41) is 2.83. The summed E-state index contributed by atoms with van der Waals surface area (Å²) in [7, 11) is 2.08. The van der Waals surface area contributed by atoms with Crippen LogP contribution in [0.5, 0.6) is 0 Å². The van der Waals surface area contributed by atoms with Crippen LogP contribution in [0.2, 0.25) is 0 Å². The number of benzene rings is 3. The van der Waals surface area contributed by atoms with Gasteiger partial charge in [-0.25, -0.2) is 4.98 Å². The van der Waals surface area contributed by atoms with Gasteiger partial charge in [0.1, 0.15) is 11.5 Å². The average molecular weight is 608 g/mol. The Kier molecular flexibility index (Phi) is 8.92. The van der Waals surface area contributed by atoms with Gasteiger partial charge in [-0.15, -0.1) is 0 Å². The Bertz CT molecular complexity index is 1950. The van der Waals surface area contributed by atoms with Crippen molar-refractivity contribution in [2.75, 3.05) is 35.3 Å². The van der Waals surface area contributed by atoms with E-state index in [1.807, 2.05) is 110 Å². The van der Waals surface area contributed by atoms with Crippen molar-refractivity contribution in [1.82, 2.24) is 9.38 Å². The van der Waals surface area contributed by atoms with E-state index in [-0.39, 0.29) is 0 Å². The van der Waals surface area contributed by atoms with Gasteiger partial charge in [-0.2, -0.15) is 0 Å². The molecule has 230 valence electrons. The van der Waals surface area contributed by atoms with Crippen LogP contribution in [-0.4, -0.2) is 41.2 Å². The van der Waals surface area contributed by atoms with Gasteiger partial charge in [-0.1, -0.05) is 54.6 Å². The maximum atomic E-state index is 13.6. The largest absolute Gasteiger partial charge is 0.360 e. The van der Waals surface area contributed by atoms with Crippen LogP contribution in [0.25, 0.3) is 16.6 Å².